The van der Waals surface area contributed by atoms with Crippen LogP contribution in [0.25, 0.3) is 0 Å². The Morgan fingerprint density at radius 3 is 2.11 bits per heavy atom. The summed E-state index contributed by atoms with van der Waals surface area (Å²) in [7, 11) is -4.60. The van der Waals surface area contributed by atoms with Crippen molar-refractivity contribution in [3.63, 3.8) is 0 Å². The molecule has 7 heteroatoms. The summed E-state index contributed by atoms with van der Waals surface area (Å²) < 4.78 is 50.1. The van der Waals surface area contributed by atoms with Crippen molar-refractivity contribution in [3.8, 4) is 0 Å². The Labute approximate surface area is 111 Å². The van der Waals surface area contributed by atoms with Gasteiger partial charge in [-0.25, -0.2) is 0 Å². The maximum absolute atomic E-state index is 14.3. The summed E-state index contributed by atoms with van der Waals surface area (Å²) in [6.45, 7) is 2.65. The first kappa shape index (κ1) is 16.2. The second-order valence-corrected chi connectivity index (χ2v) is 5.92. The molecule has 0 spiro atoms. The fraction of sp³-hybridized carbons (Fsp3) is 0.500. The van der Waals surface area contributed by atoms with Gasteiger partial charge in [0.15, 0.2) is 0 Å². The summed E-state index contributed by atoms with van der Waals surface area (Å²) in [6, 6.07) is 5.98. The molecule has 0 amide bonds. The van der Waals surface area contributed by atoms with Gasteiger partial charge in [0.05, 0.1) is 13.2 Å². The number of hydrogen-bond acceptors (Lipinski definition) is 4. The van der Waals surface area contributed by atoms with E-state index in [-0.39, 0.29) is 18.8 Å². The van der Waals surface area contributed by atoms with E-state index in [1.54, 1.807) is 18.2 Å². The lowest BCUT2D eigenvalue weighted by molar-refractivity contribution is 0.0161. The van der Waals surface area contributed by atoms with Crippen LogP contribution in [0.15, 0.2) is 30.3 Å². The molecular formula is C12H18F2NO3P. The number of hydrogen-bond donors (Lipinski definition) is 1. The van der Waals surface area contributed by atoms with E-state index in [1.807, 2.05) is 0 Å². The molecule has 19 heavy (non-hydrogen) atoms. The third-order valence-electron chi connectivity index (χ3n) is 2.50. The quantitative estimate of drug-likeness (QED) is 0.781. The van der Waals surface area contributed by atoms with Crippen LogP contribution in [0.5, 0.6) is 0 Å². The topological polar surface area (TPSA) is 61.5 Å². The molecule has 0 bridgehead atoms. The van der Waals surface area contributed by atoms with Crippen LogP contribution >= 0.6 is 7.60 Å². The number of benzene rings is 1. The molecule has 0 unspecified atom stereocenters. The zero-order valence-corrected chi connectivity index (χ0v) is 11.8. The molecule has 0 aliphatic carbocycles. The maximum Gasteiger partial charge on any atom is 0.401 e. The van der Waals surface area contributed by atoms with Crippen molar-refractivity contribution < 1.29 is 22.4 Å². The molecular weight excluding hydrogens is 275 g/mol. The molecule has 2 N–H and O–H groups in total. The van der Waals surface area contributed by atoms with Crippen molar-refractivity contribution in [2.45, 2.75) is 25.6 Å². The summed E-state index contributed by atoms with van der Waals surface area (Å²) in [5.41, 5.74) is 1.92. The molecule has 1 rings (SSSR count). The van der Waals surface area contributed by atoms with E-state index in [0.29, 0.717) is 0 Å². The Hall–Kier alpha value is -0.810. The molecule has 0 heterocycles. The Morgan fingerprint density at radius 2 is 1.68 bits per heavy atom. The standard InChI is InChI=1S/C12H18F2NO3P/c1-3-17-19(16,18-4-2)12(13,14)11(15)10-8-6-5-7-9-10/h5-9,11H,3-4,15H2,1-2H3/t11-/m0/s1. The lowest BCUT2D eigenvalue weighted by Gasteiger charge is -2.30. The van der Waals surface area contributed by atoms with E-state index in [1.165, 1.54) is 26.0 Å². The van der Waals surface area contributed by atoms with Crippen molar-refractivity contribution in [1.29, 1.82) is 0 Å². The van der Waals surface area contributed by atoms with Gasteiger partial charge in [0.25, 0.3) is 0 Å². The smallest absolute Gasteiger partial charge is 0.318 e. The number of alkyl halides is 2. The van der Waals surface area contributed by atoms with Crippen molar-refractivity contribution in [3.05, 3.63) is 35.9 Å². The molecule has 1 aromatic carbocycles. The van der Waals surface area contributed by atoms with Crippen LogP contribution in [-0.2, 0) is 13.6 Å². The molecule has 0 fully saturated rings. The van der Waals surface area contributed by atoms with Crippen LogP contribution in [0.2, 0.25) is 0 Å². The van der Waals surface area contributed by atoms with Gasteiger partial charge in [-0.2, -0.15) is 8.78 Å². The highest BCUT2D eigenvalue weighted by Gasteiger charge is 2.58. The van der Waals surface area contributed by atoms with Gasteiger partial charge in [0.1, 0.15) is 6.04 Å². The Morgan fingerprint density at radius 1 is 1.21 bits per heavy atom. The third kappa shape index (κ3) is 3.39. The minimum Gasteiger partial charge on any atom is -0.318 e. The molecule has 0 saturated carbocycles. The van der Waals surface area contributed by atoms with Gasteiger partial charge >= 0.3 is 13.3 Å². The average Bonchev–Trinajstić information content (AvgIpc) is 2.39. The van der Waals surface area contributed by atoms with Crippen LogP contribution in [0.4, 0.5) is 8.78 Å². The first-order chi connectivity index (χ1) is 8.89. The van der Waals surface area contributed by atoms with E-state index in [9.17, 15) is 13.3 Å². The molecule has 0 radical (unpaired) electrons. The Bertz CT molecular complexity index is 432. The second-order valence-electron chi connectivity index (χ2n) is 3.81. The van der Waals surface area contributed by atoms with E-state index in [0.717, 1.165) is 0 Å². The first-order valence-electron chi connectivity index (χ1n) is 5.96. The van der Waals surface area contributed by atoms with E-state index < -0.39 is 19.3 Å². The fourth-order valence-electron chi connectivity index (χ4n) is 1.58. The summed E-state index contributed by atoms with van der Waals surface area (Å²) in [5, 5.41) is 0. The van der Waals surface area contributed by atoms with Crippen LogP contribution in [0.3, 0.4) is 0 Å². The van der Waals surface area contributed by atoms with Gasteiger partial charge < -0.3 is 14.8 Å². The molecule has 0 saturated heterocycles. The van der Waals surface area contributed by atoms with E-state index in [2.05, 4.69) is 9.05 Å². The monoisotopic (exact) mass is 293 g/mol. The minimum atomic E-state index is -4.60. The average molecular weight is 293 g/mol. The van der Waals surface area contributed by atoms with Crippen molar-refractivity contribution in [2.75, 3.05) is 13.2 Å². The van der Waals surface area contributed by atoms with Gasteiger partial charge in [0, 0.05) is 0 Å². The minimum absolute atomic E-state index is 0.144. The van der Waals surface area contributed by atoms with Gasteiger partial charge in [0.2, 0.25) is 0 Å². The molecule has 4 nitrogen and oxygen atoms in total. The number of rotatable bonds is 7. The van der Waals surface area contributed by atoms with Gasteiger partial charge in [-0.3, -0.25) is 4.57 Å². The summed E-state index contributed by atoms with van der Waals surface area (Å²) in [5.74, 6) is 0. The highest BCUT2D eigenvalue weighted by atomic mass is 31.2. The third-order valence-corrected chi connectivity index (χ3v) is 4.70. The molecule has 1 aromatic rings. The largest absolute Gasteiger partial charge is 0.401 e. The van der Waals surface area contributed by atoms with Crippen molar-refractivity contribution in [2.24, 2.45) is 5.73 Å². The lowest BCUT2D eigenvalue weighted by Crippen LogP contribution is -2.34. The highest BCUT2D eigenvalue weighted by molar-refractivity contribution is 7.55. The lowest BCUT2D eigenvalue weighted by atomic mass is 10.1. The number of halogens is 2. The zero-order chi connectivity index (χ0) is 14.5. The van der Waals surface area contributed by atoms with Gasteiger partial charge in [-0.05, 0) is 19.4 Å². The van der Waals surface area contributed by atoms with Crippen LogP contribution in [-0.4, -0.2) is 18.9 Å². The Kier molecular flexibility index (Phi) is 5.62. The summed E-state index contributed by atoms with van der Waals surface area (Å²) >= 11 is 0. The molecule has 0 aliphatic heterocycles. The van der Waals surface area contributed by atoms with Crippen molar-refractivity contribution >= 4 is 7.60 Å². The summed E-state index contributed by atoms with van der Waals surface area (Å²) in [4.78, 5) is 0. The zero-order valence-electron chi connectivity index (χ0n) is 10.9. The normalized spacial score (nSPS) is 14.4. The van der Waals surface area contributed by atoms with Crippen LogP contribution < -0.4 is 5.73 Å². The molecule has 1 atom stereocenters. The highest BCUT2D eigenvalue weighted by Crippen LogP contribution is 2.65. The van der Waals surface area contributed by atoms with E-state index >= 15 is 0 Å². The maximum atomic E-state index is 14.3. The predicted molar refractivity (Wildman–Crippen MR) is 69.2 cm³/mol. The summed E-state index contributed by atoms with van der Waals surface area (Å²) in [6.07, 6.45) is 0. The second kappa shape index (κ2) is 6.57. The predicted octanol–water partition coefficient (Wildman–Crippen LogP) is 3.55. The van der Waals surface area contributed by atoms with E-state index in [4.69, 9.17) is 5.73 Å². The Balaban J connectivity index is 3.09. The van der Waals surface area contributed by atoms with Gasteiger partial charge in [-0.1, -0.05) is 30.3 Å². The van der Waals surface area contributed by atoms with Crippen molar-refractivity contribution in [1.82, 2.24) is 0 Å². The number of nitrogens with two attached hydrogens (primary N) is 1. The molecule has 108 valence electrons. The fourth-order valence-corrected chi connectivity index (χ4v) is 3.17. The first-order valence-corrected chi connectivity index (χ1v) is 7.50. The van der Waals surface area contributed by atoms with Gasteiger partial charge in [-0.15, -0.1) is 0 Å². The SMILES string of the molecule is CCOP(=O)(OCC)C(F)(F)[C@@H](N)c1ccccc1. The van der Waals surface area contributed by atoms with Crippen LogP contribution in [0.1, 0.15) is 25.5 Å². The van der Waals surface area contributed by atoms with Crippen LogP contribution in [0, 0.1) is 0 Å². The molecule has 0 aliphatic rings. The molecule has 0 aromatic heterocycles.